The second kappa shape index (κ2) is 7.15. The molecule has 0 amide bonds. The van der Waals surface area contributed by atoms with Crippen molar-refractivity contribution in [3.05, 3.63) is 65.2 Å². The summed E-state index contributed by atoms with van der Waals surface area (Å²) >= 11 is 0. The van der Waals surface area contributed by atoms with Gasteiger partial charge in [0, 0.05) is 12.6 Å². The standard InChI is InChI=1S/C16H17F2NO2/c1-21-15-4-2-12(3-5-15)16(10-20)19-9-11-6-13(17)8-14(18)7-11/h2-8,16,19-20H,9-10H2,1H3/t16-/m1/s1. The van der Waals surface area contributed by atoms with Gasteiger partial charge in [0.2, 0.25) is 0 Å². The van der Waals surface area contributed by atoms with E-state index in [0.717, 1.165) is 17.4 Å². The largest absolute Gasteiger partial charge is 0.497 e. The maximum atomic E-state index is 13.1. The Morgan fingerprint density at radius 2 is 1.71 bits per heavy atom. The topological polar surface area (TPSA) is 41.5 Å². The summed E-state index contributed by atoms with van der Waals surface area (Å²) in [6.45, 7) is 0.135. The maximum Gasteiger partial charge on any atom is 0.126 e. The number of methoxy groups -OCH3 is 1. The summed E-state index contributed by atoms with van der Waals surface area (Å²) in [4.78, 5) is 0. The lowest BCUT2D eigenvalue weighted by molar-refractivity contribution is 0.243. The first-order chi connectivity index (χ1) is 10.1. The molecule has 1 atom stereocenters. The van der Waals surface area contributed by atoms with Crippen LogP contribution in [0.1, 0.15) is 17.2 Å². The number of hydrogen-bond donors (Lipinski definition) is 2. The van der Waals surface area contributed by atoms with Gasteiger partial charge in [-0.1, -0.05) is 12.1 Å². The van der Waals surface area contributed by atoms with Crippen molar-refractivity contribution in [1.29, 1.82) is 0 Å². The molecule has 0 aromatic heterocycles. The number of halogens is 2. The molecule has 0 spiro atoms. The lowest BCUT2D eigenvalue weighted by Gasteiger charge is -2.17. The van der Waals surface area contributed by atoms with E-state index in [-0.39, 0.29) is 19.2 Å². The Labute approximate surface area is 122 Å². The molecular weight excluding hydrogens is 276 g/mol. The summed E-state index contributed by atoms with van der Waals surface area (Å²) in [7, 11) is 1.58. The SMILES string of the molecule is COc1ccc([C@@H](CO)NCc2cc(F)cc(F)c2)cc1. The highest BCUT2D eigenvalue weighted by Crippen LogP contribution is 2.18. The average Bonchev–Trinajstić information content (AvgIpc) is 2.47. The molecule has 2 aromatic rings. The zero-order chi connectivity index (χ0) is 15.2. The molecule has 0 saturated heterocycles. The van der Waals surface area contributed by atoms with E-state index in [1.165, 1.54) is 12.1 Å². The van der Waals surface area contributed by atoms with E-state index in [0.29, 0.717) is 5.56 Å². The zero-order valence-corrected chi connectivity index (χ0v) is 11.6. The van der Waals surface area contributed by atoms with Gasteiger partial charge in [0.15, 0.2) is 0 Å². The van der Waals surface area contributed by atoms with E-state index < -0.39 is 11.6 Å². The predicted molar refractivity (Wildman–Crippen MR) is 76.0 cm³/mol. The molecule has 112 valence electrons. The van der Waals surface area contributed by atoms with Crippen LogP contribution in [0.25, 0.3) is 0 Å². The Morgan fingerprint density at radius 3 is 2.24 bits per heavy atom. The van der Waals surface area contributed by atoms with Gasteiger partial charge >= 0.3 is 0 Å². The monoisotopic (exact) mass is 293 g/mol. The van der Waals surface area contributed by atoms with Gasteiger partial charge in [-0.25, -0.2) is 8.78 Å². The number of rotatable bonds is 6. The fraction of sp³-hybridized carbons (Fsp3) is 0.250. The van der Waals surface area contributed by atoms with Crippen LogP contribution in [0.2, 0.25) is 0 Å². The van der Waals surface area contributed by atoms with Crippen molar-refractivity contribution in [1.82, 2.24) is 5.32 Å². The van der Waals surface area contributed by atoms with Crippen molar-refractivity contribution in [3.8, 4) is 5.75 Å². The maximum absolute atomic E-state index is 13.1. The first-order valence-corrected chi connectivity index (χ1v) is 6.55. The lowest BCUT2D eigenvalue weighted by atomic mass is 10.1. The van der Waals surface area contributed by atoms with E-state index in [9.17, 15) is 13.9 Å². The van der Waals surface area contributed by atoms with Gasteiger partial charge in [-0.2, -0.15) is 0 Å². The van der Waals surface area contributed by atoms with Gasteiger partial charge in [-0.05, 0) is 35.4 Å². The smallest absolute Gasteiger partial charge is 0.126 e. The van der Waals surface area contributed by atoms with E-state index in [2.05, 4.69) is 5.32 Å². The molecular formula is C16H17F2NO2. The Balaban J connectivity index is 2.04. The number of aliphatic hydroxyl groups is 1. The molecule has 21 heavy (non-hydrogen) atoms. The Hall–Kier alpha value is -1.98. The third kappa shape index (κ3) is 4.24. The normalized spacial score (nSPS) is 12.2. The number of aliphatic hydroxyl groups excluding tert-OH is 1. The van der Waals surface area contributed by atoms with E-state index in [1.54, 1.807) is 19.2 Å². The molecule has 2 rings (SSSR count). The highest BCUT2D eigenvalue weighted by atomic mass is 19.1. The lowest BCUT2D eigenvalue weighted by Crippen LogP contribution is -2.24. The van der Waals surface area contributed by atoms with Crippen LogP contribution in [0, 0.1) is 11.6 Å². The molecule has 0 fully saturated rings. The molecule has 0 aliphatic rings. The van der Waals surface area contributed by atoms with Crippen molar-refractivity contribution in [2.45, 2.75) is 12.6 Å². The fourth-order valence-electron chi connectivity index (χ4n) is 2.08. The highest BCUT2D eigenvalue weighted by molar-refractivity contribution is 5.29. The average molecular weight is 293 g/mol. The van der Waals surface area contributed by atoms with Crippen LogP contribution in [-0.4, -0.2) is 18.8 Å². The van der Waals surface area contributed by atoms with E-state index in [1.807, 2.05) is 12.1 Å². The summed E-state index contributed by atoms with van der Waals surface area (Å²) in [5.41, 5.74) is 1.36. The minimum atomic E-state index is -0.614. The van der Waals surface area contributed by atoms with Crippen LogP contribution in [-0.2, 0) is 6.54 Å². The third-order valence-corrected chi connectivity index (χ3v) is 3.18. The summed E-state index contributed by atoms with van der Waals surface area (Å²) in [5, 5.41) is 12.5. The van der Waals surface area contributed by atoms with Crippen molar-refractivity contribution in [2.75, 3.05) is 13.7 Å². The molecule has 0 heterocycles. The van der Waals surface area contributed by atoms with Gasteiger partial charge in [-0.3, -0.25) is 0 Å². The molecule has 2 N–H and O–H groups in total. The Bertz CT molecular complexity index is 567. The quantitative estimate of drug-likeness (QED) is 0.860. The minimum absolute atomic E-state index is 0.121. The van der Waals surface area contributed by atoms with Crippen LogP contribution >= 0.6 is 0 Å². The summed E-state index contributed by atoms with van der Waals surface area (Å²) in [6, 6.07) is 10.3. The van der Waals surface area contributed by atoms with Crippen molar-refractivity contribution < 1.29 is 18.6 Å². The molecule has 3 nitrogen and oxygen atoms in total. The first-order valence-electron chi connectivity index (χ1n) is 6.55. The number of ether oxygens (including phenoxy) is 1. The van der Waals surface area contributed by atoms with Gasteiger partial charge in [0.25, 0.3) is 0 Å². The third-order valence-electron chi connectivity index (χ3n) is 3.18. The van der Waals surface area contributed by atoms with Crippen molar-refractivity contribution in [2.24, 2.45) is 0 Å². The molecule has 0 saturated carbocycles. The number of hydrogen-bond acceptors (Lipinski definition) is 3. The van der Waals surface area contributed by atoms with E-state index in [4.69, 9.17) is 4.74 Å². The Kier molecular flexibility index (Phi) is 5.25. The van der Waals surface area contributed by atoms with Crippen LogP contribution in [0.5, 0.6) is 5.75 Å². The van der Waals surface area contributed by atoms with Gasteiger partial charge in [0.05, 0.1) is 19.8 Å². The first kappa shape index (κ1) is 15.4. The van der Waals surface area contributed by atoms with Crippen LogP contribution < -0.4 is 10.1 Å². The van der Waals surface area contributed by atoms with Crippen LogP contribution in [0.4, 0.5) is 8.78 Å². The zero-order valence-electron chi connectivity index (χ0n) is 11.6. The van der Waals surface area contributed by atoms with Gasteiger partial charge in [0.1, 0.15) is 17.4 Å². The van der Waals surface area contributed by atoms with Crippen LogP contribution in [0.15, 0.2) is 42.5 Å². The molecule has 5 heteroatoms. The molecule has 0 aliphatic carbocycles. The van der Waals surface area contributed by atoms with Crippen LogP contribution in [0.3, 0.4) is 0 Å². The highest BCUT2D eigenvalue weighted by Gasteiger charge is 2.10. The molecule has 0 bridgehead atoms. The summed E-state index contributed by atoms with van der Waals surface area (Å²) in [5.74, 6) is -0.503. The molecule has 0 unspecified atom stereocenters. The number of benzene rings is 2. The van der Waals surface area contributed by atoms with E-state index >= 15 is 0 Å². The summed E-state index contributed by atoms with van der Waals surface area (Å²) in [6.07, 6.45) is 0. The molecule has 0 aliphatic heterocycles. The van der Waals surface area contributed by atoms with Crippen molar-refractivity contribution in [3.63, 3.8) is 0 Å². The molecule has 2 aromatic carbocycles. The fourth-order valence-corrected chi connectivity index (χ4v) is 2.08. The van der Waals surface area contributed by atoms with Gasteiger partial charge < -0.3 is 15.2 Å². The second-order valence-corrected chi connectivity index (χ2v) is 4.67. The summed E-state index contributed by atoms with van der Waals surface area (Å²) < 4.78 is 31.3. The van der Waals surface area contributed by atoms with Gasteiger partial charge in [-0.15, -0.1) is 0 Å². The van der Waals surface area contributed by atoms with Crippen molar-refractivity contribution >= 4 is 0 Å². The second-order valence-electron chi connectivity index (χ2n) is 4.67. The Morgan fingerprint density at radius 1 is 1.10 bits per heavy atom. The predicted octanol–water partition coefficient (Wildman–Crippen LogP) is 2.80. The minimum Gasteiger partial charge on any atom is -0.497 e. The molecule has 0 radical (unpaired) electrons. The number of nitrogens with one attached hydrogen (secondary N) is 1.